The predicted molar refractivity (Wildman–Crippen MR) is 100 cm³/mol. The third-order valence-corrected chi connectivity index (χ3v) is 5.87. The molecule has 1 saturated heterocycles. The summed E-state index contributed by atoms with van der Waals surface area (Å²) in [5.74, 6) is 0. The molecule has 2 aromatic heterocycles. The lowest BCUT2D eigenvalue weighted by molar-refractivity contribution is -0.104. The number of rotatable bonds is 6. The van der Waals surface area contributed by atoms with Gasteiger partial charge in [-0.2, -0.15) is 5.10 Å². The van der Waals surface area contributed by atoms with Crippen molar-refractivity contribution in [2.24, 2.45) is 0 Å². The summed E-state index contributed by atoms with van der Waals surface area (Å²) >= 11 is 0. The molecule has 3 atom stereocenters. The Morgan fingerprint density at radius 1 is 1.42 bits per heavy atom. The number of aliphatic hydroxyl groups is 1. The lowest BCUT2D eigenvalue weighted by Crippen LogP contribution is -2.51. The molecule has 144 valence electrons. The van der Waals surface area contributed by atoms with Crippen LogP contribution in [-0.2, 0) is 16.0 Å². The molecule has 1 aliphatic carbocycles. The van der Waals surface area contributed by atoms with Crippen LogP contribution in [0.2, 0.25) is 0 Å². The maximum Gasteiger partial charge on any atom is 0.181 e. The van der Waals surface area contributed by atoms with Crippen LogP contribution in [0.15, 0.2) is 18.3 Å². The van der Waals surface area contributed by atoms with Crippen LogP contribution >= 0.6 is 12.4 Å². The summed E-state index contributed by atoms with van der Waals surface area (Å²) < 4.78 is 11.8. The van der Waals surface area contributed by atoms with E-state index < -0.39 is 0 Å². The lowest BCUT2D eigenvalue weighted by atomic mass is 9.79. The minimum absolute atomic E-state index is 0. The van der Waals surface area contributed by atoms with Crippen LogP contribution in [0.5, 0.6) is 0 Å². The molecule has 2 aromatic rings. The zero-order valence-corrected chi connectivity index (χ0v) is 15.9. The number of nitrogens with one attached hydrogen (secondary N) is 1. The number of H-pyrrole nitrogens is 1. The first-order chi connectivity index (χ1) is 12.3. The number of nitrogens with zero attached hydrogens (tertiary/aromatic N) is 3. The number of hydrogen-bond donors (Lipinski definition) is 2. The Kier molecular flexibility index (Phi) is 6.14. The van der Waals surface area contributed by atoms with Crippen molar-refractivity contribution in [3.05, 3.63) is 24.0 Å². The molecule has 1 saturated carbocycles. The molecule has 0 radical (unpaired) electrons. The van der Waals surface area contributed by atoms with Gasteiger partial charge in [0.15, 0.2) is 5.65 Å². The molecule has 7 nitrogen and oxygen atoms in total. The largest absolute Gasteiger partial charge is 0.394 e. The Hall–Kier alpha value is -1.25. The minimum Gasteiger partial charge on any atom is -0.394 e. The fourth-order valence-electron chi connectivity index (χ4n) is 4.54. The molecule has 0 unspecified atom stereocenters. The molecule has 0 aromatic carbocycles. The standard InChI is InChI=1S/C18H26N4O3.ClH/c1-24-18-5-4-13(25-10-9-23)11-16(18)22(8-6-18)12-15-14-3-2-7-19-17(14)21-20-15;/h2-3,7,13,16,23H,4-6,8-12H2,1H3,(H,19,20,21);1H/t13-,16+,18-;/m1./s1. The molecular formula is C18H27ClN4O3. The van der Waals surface area contributed by atoms with E-state index in [1.165, 1.54) is 0 Å². The molecule has 2 aliphatic rings. The van der Waals surface area contributed by atoms with E-state index in [4.69, 9.17) is 14.6 Å². The van der Waals surface area contributed by atoms with Crippen molar-refractivity contribution in [1.29, 1.82) is 0 Å². The smallest absolute Gasteiger partial charge is 0.181 e. The summed E-state index contributed by atoms with van der Waals surface area (Å²) in [6.45, 7) is 2.30. The maximum atomic E-state index is 9.03. The molecule has 4 rings (SSSR count). The van der Waals surface area contributed by atoms with E-state index in [-0.39, 0.29) is 30.7 Å². The van der Waals surface area contributed by atoms with Gasteiger partial charge in [0.05, 0.1) is 30.6 Å². The summed E-state index contributed by atoms with van der Waals surface area (Å²) in [6, 6.07) is 4.34. The zero-order chi connectivity index (χ0) is 17.3. The third kappa shape index (κ3) is 3.46. The van der Waals surface area contributed by atoms with Gasteiger partial charge >= 0.3 is 0 Å². The molecule has 1 aliphatic heterocycles. The van der Waals surface area contributed by atoms with Crippen molar-refractivity contribution in [3.63, 3.8) is 0 Å². The SMILES string of the molecule is CO[C@@]12CC[C@@H](OCCO)C[C@@H]1N(Cc1[nH]nc3ncccc13)CC2.Cl. The van der Waals surface area contributed by atoms with Crippen LogP contribution in [0.1, 0.15) is 31.4 Å². The summed E-state index contributed by atoms with van der Waals surface area (Å²) in [4.78, 5) is 6.79. The van der Waals surface area contributed by atoms with Gasteiger partial charge in [-0.1, -0.05) is 0 Å². The zero-order valence-electron chi connectivity index (χ0n) is 15.1. The van der Waals surface area contributed by atoms with Gasteiger partial charge in [0.25, 0.3) is 0 Å². The summed E-state index contributed by atoms with van der Waals surface area (Å²) in [7, 11) is 1.83. The van der Waals surface area contributed by atoms with Gasteiger partial charge in [0.1, 0.15) is 0 Å². The van der Waals surface area contributed by atoms with Crippen LogP contribution in [0.4, 0.5) is 0 Å². The topological polar surface area (TPSA) is 83.5 Å². The Bertz CT molecular complexity index is 727. The van der Waals surface area contributed by atoms with E-state index in [0.717, 1.165) is 55.5 Å². The number of methoxy groups -OCH3 is 1. The van der Waals surface area contributed by atoms with Gasteiger partial charge in [0, 0.05) is 37.8 Å². The number of fused-ring (bicyclic) bond motifs is 2. The van der Waals surface area contributed by atoms with Crippen molar-refractivity contribution in [1.82, 2.24) is 20.1 Å². The van der Waals surface area contributed by atoms with Crippen LogP contribution in [-0.4, -0.2) is 69.8 Å². The monoisotopic (exact) mass is 382 g/mol. The molecule has 8 heteroatoms. The van der Waals surface area contributed by atoms with E-state index in [1.807, 2.05) is 13.2 Å². The van der Waals surface area contributed by atoms with E-state index in [0.29, 0.717) is 12.6 Å². The highest BCUT2D eigenvalue weighted by Gasteiger charge is 2.51. The lowest BCUT2D eigenvalue weighted by Gasteiger charge is -2.43. The predicted octanol–water partition coefficient (Wildman–Crippen LogP) is 1.90. The molecule has 0 spiro atoms. The van der Waals surface area contributed by atoms with Gasteiger partial charge in [0.2, 0.25) is 0 Å². The van der Waals surface area contributed by atoms with Crippen molar-refractivity contribution in [3.8, 4) is 0 Å². The van der Waals surface area contributed by atoms with E-state index >= 15 is 0 Å². The van der Waals surface area contributed by atoms with Crippen LogP contribution < -0.4 is 0 Å². The van der Waals surface area contributed by atoms with Crippen molar-refractivity contribution >= 4 is 23.4 Å². The normalized spacial score (nSPS) is 28.8. The highest BCUT2D eigenvalue weighted by molar-refractivity contribution is 5.85. The second-order valence-electron chi connectivity index (χ2n) is 7.07. The van der Waals surface area contributed by atoms with Crippen molar-refractivity contribution < 1.29 is 14.6 Å². The van der Waals surface area contributed by atoms with Gasteiger partial charge < -0.3 is 14.6 Å². The maximum absolute atomic E-state index is 9.03. The van der Waals surface area contributed by atoms with Crippen LogP contribution in [0.25, 0.3) is 11.0 Å². The molecule has 26 heavy (non-hydrogen) atoms. The van der Waals surface area contributed by atoms with Crippen LogP contribution in [0.3, 0.4) is 0 Å². The first-order valence-corrected chi connectivity index (χ1v) is 9.05. The molecule has 2 fully saturated rings. The Labute approximate surface area is 159 Å². The van der Waals surface area contributed by atoms with E-state index in [9.17, 15) is 0 Å². The quantitative estimate of drug-likeness (QED) is 0.793. The number of likely N-dealkylation sites (tertiary alicyclic amines) is 1. The second kappa shape index (κ2) is 8.19. The first-order valence-electron chi connectivity index (χ1n) is 9.05. The van der Waals surface area contributed by atoms with Gasteiger partial charge in [-0.15, -0.1) is 12.4 Å². The number of pyridine rings is 1. The highest BCUT2D eigenvalue weighted by Crippen LogP contribution is 2.43. The average Bonchev–Trinajstić information content (AvgIpc) is 3.23. The average molecular weight is 383 g/mol. The summed E-state index contributed by atoms with van der Waals surface area (Å²) in [6.07, 6.45) is 5.95. The van der Waals surface area contributed by atoms with Crippen LogP contribution in [0, 0.1) is 0 Å². The molecular weight excluding hydrogens is 356 g/mol. The number of hydrogen-bond acceptors (Lipinski definition) is 6. The van der Waals surface area contributed by atoms with Crippen molar-refractivity contribution in [2.75, 3.05) is 26.9 Å². The number of aromatic nitrogens is 3. The third-order valence-electron chi connectivity index (χ3n) is 5.87. The number of aromatic amines is 1. The van der Waals surface area contributed by atoms with Gasteiger partial charge in [-0.25, -0.2) is 4.98 Å². The first kappa shape index (κ1) is 19.5. The molecule has 2 N–H and O–H groups in total. The summed E-state index contributed by atoms with van der Waals surface area (Å²) in [5.41, 5.74) is 1.79. The fourth-order valence-corrected chi connectivity index (χ4v) is 4.54. The van der Waals surface area contributed by atoms with E-state index in [2.05, 4.69) is 26.1 Å². The Morgan fingerprint density at radius 2 is 2.31 bits per heavy atom. The molecule has 0 bridgehead atoms. The van der Waals surface area contributed by atoms with Gasteiger partial charge in [-0.05, 0) is 37.8 Å². The second-order valence-corrected chi connectivity index (χ2v) is 7.07. The minimum atomic E-state index is -0.0762. The van der Waals surface area contributed by atoms with Gasteiger partial charge in [-0.3, -0.25) is 10.00 Å². The number of aliphatic hydroxyl groups excluding tert-OH is 1. The number of halogens is 1. The van der Waals surface area contributed by atoms with Crippen molar-refractivity contribution in [2.45, 2.75) is 50.0 Å². The molecule has 3 heterocycles. The van der Waals surface area contributed by atoms with E-state index in [1.54, 1.807) is 6.20 Å². The highest BCUT2D eigenvalue weighted by atomic mass is 35.5. The molecule has 0 amide bonds. The Morgan fingerprint density at radius 3 is 3.12 bits per heavy atom. The Balaban J connectivity index is 0.00000196. The number of ether oxygens (including phenoxy) is 2. The summed E-state index contributed by atoms with van der Waals surface area (Å²) in [5, 5.41) is 17.6. The fraction of sp³-hybridized carbons (Fsp3) is 0.667.